The summed E-state index contributed by atoms with van der Waals surface area (Å²) < 4.78 is 0. The second kappa shape index (κ2) is 3.08. The maximum atomic E-state index is 8.49. The van der Waals surface area contributed by atoms with Crippen LogP contribution >= 0.6 is 0 Å². The minimum absolute atomic E-state index is 0.235. The predicted molar refractivity (Wildman–Crippen MR) is 52.1 cm³/mol. The SMILES string of the molecule is CC1=C(C)C2CCCC1C2N=[N+]=[N-]. The number of hydrogen-bond acceptors (Lipinski definition) is 1. The number of rotatable bonds is 1. The van der Waals surface area contributed by atoms with Crippen LogP contribution in [0.15, 0.2) is 16.3 Å². The maximum absolute atomic E-state index is 8.49. The fraction of sp³-hybridized carbons (Fsp3) is 0.800. The average Bonchev–Trinajstić information content (AvgIpc) is 2.30. The van der Waals surface area contributed by atoms with Gasteiger partial charge in [-0.3, -0.25) is 0 Å². The molecule has 0 heterocycles. The zero-order valence-electron chi connectivity index (χ0n) is 8.20. The molecular weight excluding hydrogens is 162 g/mol. The Hall–Kier alpha value is -0.950. The lowest BCUT2D eigenvalue weighted by Crippen LogP contribution is -2.26. The third kappa shape index (κ3) is 1.15. The summed E-state index contributed by atoms with van der Waals surface area (Å²) in [4.78, 5) is 2.97. The Balaban J connectivity index is 2.34. The summed E-state index contributed by atoms with van der Waals surface area (Å²) >= 11 is 0. The zero-order chi connectivity index (χ0) is 9.42. The van der Waals surface area contributed by atoms with E-state index in [1.807, 2.05) is 0 Å². The Morgan fingerprint density at radius 2 is 1.77 bits per heavy atom. The maximum Gasteiger partial charge on any atom is 0.0504 e. The molecule has 2 atom stereocenters. The first-order valence-electron chi connectivity index (χ1n) is 4.97. The van der Waals surface area contributed by atoms with Crippen LogP contribution in [0.25, 0.3) is 10.4 Å². The Kier molecular flexibility index (Phi) is 2.04. The van der Waals surface area contributed by atoms with Crippen LogP contribution in [0, 0.1) is 11.8 Å². The van der Waals surface area contributed by atoms with Gasteiger partial charge in [0.05, 0.1) is 6.04 Å². The summed E-state index contributed by atoms with van der Waals surface area (Å²) in [6, 6.07) is 0.235. The van der Waals surface area contributed by atoms with Crippen molar-refractivity contribution < 1.29 is 0 Å². The molecule has 1 saturated carbocycles. The van der Waals surface area contributed by atoms with Gasteiger partial charge in [-0.05, 0) is 44.1 Å². The topological polar surface area (TPSA) is 48.8 Å². The summed E-state index contributed by atoms with van der Waals surface area (Å²) in [7, 11) is 0. The van der Waals surface area contributed by atoms with Crippen LogP contribution in [-0.2, 0) is 0 Å². The lowest BCUT2D eigenvalue weighted by atomic mass is 9.81. The summed E-state index contributed by atoms with van der Waals surface area (Å²) in [5, 5.41) is 3.95. The molecule has 2 aliphatic carbocycles. The molecule has 2 bridgehead atoms. The van der Waals surface area contributed by atoms with Crippen molar-refractivity contribution in [3.63, 3.8) is 0 Å². The van der Waals surface area contributed by atoms with E-state index >= 15 is 0 Å². The van der Waals surface area contributed by atoms with Gasteiger partial charge in [0.25, 0.3) is 0 Å². The molecule has 2 rings (SSSR count). The summed E-state index contributed by atoms with van der Waals surface area (Å²) in [6.07, 6.45) is 3.72. The van der Waals surface area contributed by atoms with Crippen LogP contribution in [0.1, 0.15) is 33.1 Å². The van der Waals surface area contributed by atoms with Gasteiger partial charge in [0.1, 0.15) is 0 Å². The molecule has 1 fully saturated rings. The van der Waals surface area contributed by atoms with Gasteiger partial charge < -0.3 is 0 Å². The Morgan fingerprint density at radius 1 is 1.23 bits per heavy atom. The van der Waals surface area contributed by atoms with E-state index in [2.05, 4.69) is 23.9 Å². The highest BCUT2D eigenvalue weighted by Gasteiger charge is 2.40. The first kappa shape index (κ1) is 8.64. The van der Waals surface area contributed by atoms with E-state index in [4.69, 9.17) is 5.53 Å². The molecule has 0 spiro atoms. The van der Waals surface area contributed by atoms with Crippen LogP contribution < -0.4 is 0 Å². The summed E-state index contributed by atoms with van der Waals surface area (Å²) in [5.74, 6) is 1.10. The first-order valence-corrected chi connectivity index (χ1v) is 4.97. The van der Waals surface area contributed by atoms with E-state index in [9.17, 15) is 0 Å². The van der Waals surface area contributed by atoms with E-state index in [-0.39, 0.29) is 6.04 Å². The van der Waals surface area contributed by atoms with Gasteiger partial charge in [0, 0.05) is 4.91 Å². The standard InChI is InChI=1S/C10H15N3/c1-6-7(2)9-5-3-4-8(6)10(9)12-13-11/h8-10H,3-5H2,1-2H3. The number of hydrogen-bond donors (Lipinski definition) is 0. The molecule has 0 saturated heterocycles. The van der Waals surface area contributed by atoms with Gasteiger partial charge in [-0.2, -0.15) is 0 Å². The fourth-order valence-corrected chi connectivity index (χ4v) is 2.93. The van der Waals surface area contributed by atoms with Crippen LogP contribution in [0.2, 0.25) is 0 Å². The first-order chi connectivity index (χ1) is 6.25. The summed E-state index contributed by atoms with van der Waals surface area (Å²) in [5.41, 5.74) is 11.5. The second-order valence-electron chi connectivity index (χ2n) is 4.21. The molecule has 3 heteroatoms. The van der Waals surface area contributed by atoms with Crippen molar-refractivity contribution >= 4 is 0 Å². The van der Waals surface area contributed by atoms with E-state index < -0.39 is 0 Å². The Bertz CT molecular complexity index is 279. The Labute approximate surface area is 78.5 Å². The normalized spacial score (nSPS) is 37.5. The van der Waals surface area contributed by atoms with Gasteiger partial charge in [-0.15, -0.1) is 0 Å². The van der Waals surface area contributed by atoms with Crippen LogP contribution in [0.4, 0.5) is 0 Å². The molecular formula is C10H15N3. The van der Waals surface area contributed by atoms with Crippen molar-refractivity contribution in [3.05, 3.63) is 21.6 Å². The van der Waals surface area contributed by atoms with Crippen molar-refractivity contribution in [2.45, 2.75) is 39.2 Å². The molecule has 3 nitrogen and oxygen atoms in total. The highest BCUT2D eigenvalue weighted by molar-refractivity contribution is 5.28. The number of nitrogens with zero attached hydrogens (tertiary/aromatic N) is 3. The highest BCUT2D eigenvalue weighted by Crippen LogP contribution is 2.47. The molecule has 13 heavy (non-hydrogen) atoms. The quantitative estimate of drug-likeness (QED) is 0.255. The largest absolute Gasteiger partial charge is 0.0894 e. The minimum atomic E-state index is 0.235. The molecule has 0 N–H and O–H groups in total. The monoisotopic (exact) mass is 177 g/mol. The van der Waals surface area contributed by atoms with Gasteiger partial charge >= 0.3 is 0 Å². The fourth-order valence-electron chi connectivity index (χ4n) is 2.93. The molecule has 0 aromatic rings. The molecule has 0 amide bonds. The highest BCUT2D eigenvalue weighted by atomic mass is 15.2. The molecule has 0 radical (unpaired) electrons. The van der Waals surface area contributed by atoms with Gasteiger partial charge in [0.15, 0.2) is 0 Å². The van der Waals surface area contributed by atoms with Crippen LogP contribution in [0.5, 0.6) is 0 Å². The van der Waals surface area contributed by atoms with Crippen molar-refractivity contribution in [1.29, 1.82) is 0 Å². The lowest BCUT2D eigenvalue weighted by Gasteiger charge is -2.27. The van der Waals surface area contributed by atoms with Crippen molar-refractivity contribution in [3.8, 4) is 0 Å². The van der Waals surface area contributed by atoms with E-state index in [1.165, 1.54) is 30.4 Å². The lowest BCUT2D eigenvalue weighted by molar-refractivity contribution is 0.313. The summed E-state index contributed by atoms with van der Waals surface area (Å²) in [6.45, 7) is 4.40. The smallest absolute Gasteiger partial charge is 0.0504 e. The van der Waals surface area contributed by atoms with Crippen molar-refractivity contribution in [2.75, 3.05) is 0 Å². The second-order valence-corrected chi connectivity index (χ2v) is 4.21. The Morgan fingerprint density at radius 3 is 2.23 bits per heavy atom. The zero-order valence-corrected chi connectivity index (χ0v) is 8.20. The molecule has 70 valence electrons. The van der Waals surface area contributed by atoms with Crippen molar-refractivity contribution in [1.82, 2.24) is 0 Å². The van der Waals surface area contributed by atoms with E-state index in [0.29, 0.717) is 11.8 Å². The molecule has 0 aliphatic heterocycles. The molecule has 2 aliphatic rings. The van der Waals surface area contributed by atoms with E-state index in [1.54, 1.807) is 0 Å². The van der Waals surface area contributed by atoms with E-state index in [0.717, 1.165) is 0 Å². The van der Waals surface area contributed by atoms with Crippen LogP contribution in [0.3, 0.4) is 0 Å². The average molecular weight is 177 g/mol. The third-order valence-corrected chi connectivity index (χ3v) is 3.77. The minimum Gasteiger partial charge on any atom is -0.0894 e. The third-order valence-electron chi connectivity index (χ3n) is 3.77. The number of fused-ring (bicyclic) bond motifs is 2. The van der Waals surface area contributed by atoms with Crippen LogP contribution in [-0.4, -0.2) is 6.04 Å². The predicted octanol–water partition coefficient (Wildman–Crippen LogP) is 3.43. The molecule has 2 unspecified atom stereocenters. The number of azide groups is 1. The van der Waals surface area contributed by atoms with Gasteiger partial charge in [-0.1, -0.05) is 22.7 Å². The molecule has 0 aromatic carbocycles. The van der Waals surface area contributed by atoms with Gasteiger partial charge in [0.2, 0.25) is 0 Å². The van der Waals surface area contributed by atoms with Crippen molar-refractivity contribution in [2.24, 2.45) is 17.0 Å². The van der Waals surface area contributed by atoms with Gasteiger partial charge in [-0.25, -0.2) is 0 Å². The molecule has 0 aromatic heterocycles.